The molecule has 0 bridgehead atoms. The molecule has 7 saturated heterocycles. The maximum Gasteiger partial charge on any atom is 0.364 e. The van der Waals surface area contributed by atoms with E-state index < -0.39 is 369 Å². The summed E-state index contributed by atoms with van der Waals surface area (Å²) >= 11 is 0. The highest BCUT2D eigenvalue weighted by molar-refractivity contribution is 5.79. The normalized spacial score (nSPS) is 35.5. The lowest BCUT2D eigenvalue weighted by Gasteiger charge is -2.53. The molecule has 29 N–H and O–H groups in total. The Morgan fingerprint density at radius 3 is 1.20 bits per heavy atom. The molecule has 0 aliphatic carbocycles. The number of aliphatic hydroxyl groups excluding tert-OH is 22. The number of ether oxygens (including phenoxy) is 14. The van der Waals surface area contributed by atoms with Crippen LogP contribution >= 0.6 is 0 Å². The summed E-state index contributed by atoms with van der Waals surface area (Å²) in [6, 6.07) is -7.37. The van der Waals surface area contributed by atoms with Gasteiger partial charge in [-0.1, -0.05) is 161 Å². The van der Waals surface area contributed by atoms with E-state index in [4.69, 9.17) is 66.3 Å². The van der Waals surface area contributed by atoms with E-state index in [0.717, 1.165) is 118 Å². The minimum Gasteiger partial charge on any atom is -0.477 e. The molecule has 7 aliphatic rings. The van der Waals surface area contributed by atoms with Crippen molar-refractivity contribution in [3.8, 4) is 0 Å². The second kappa shape index (κ2) is 63.3. The topological polar surface area (TPSA) is 820 Å². The summed E-state index contributed by atoms with van der Waals surface area (Å²) in [4.78, 5) is 108. The molecule has 0 aromatic rings. The van der Waals surface area contributed by atoms with E-state index in [2.05, 4.69) is 47.3 Å². The average molecular weight is 2130 g/mol. The van der Waals surface area contributed by atoms with E-state index in [1.54, 1.807) is 0 Å². The monoisotopic (exact) mass is 2130 g/mol. The molecule has 0 radical (unpaired) electrons. The van der Waals surface area contributed by atoms with Gasteiger partial charge in [-0.15, -0.1) is 0 Å². The highest BCUT2D eigenvalue weighted by atomic mass is 16.8. The van der Waals surface area contributed by atoms with Crippen molar-refractivity contribution in [1.82, 2.24) is 21.3 Å². The number of carboxylic acid groups (broad SMARTS) is 3. The van der Waals surface area contributed by atoms with E-state index in [-0.39, 0.29) is 12.8 Å². The number of amides is 4. The van der Waals surface area contributed by atoms with Crippen molar-refractivity contribution in [2.24, 2.45) is 5.92 Å². The molecular weight excluding hydrogens is 1960 g/mol. The Morgan fingerprint density at radius 1 is 0.381 bits per heavy atom. The lowest BCUT2D eigenvalue weighted by molar-refractivity contribution is -0.407. The number of aliphatic hydroxyl groups is 22. The van der Waals surface area contributed by atoms with Crippen molar-refractivity contribution in [1.29, 1.82) is 0 Å². The molecule has 0 spiro atoms. The number of rotatable bonds is 67. The van der Waals surface area contributed by atoms with Crippen LogP contribution in [-0.2, 0) is 105 Å². The molecule has 147 heavy (non-hydrogen) atoms. The van der Waals surface area contributed by atoms with Gasteiger partial charge in [-0.2, -0.15) is 0 Å². The zero-order valence-corrected chi connectivity index (χ0v) is 84.5. The van der Waals surface area contributed by atoms with Crippen LogP contribution in [0.4, 0.5) is 0 Å². The smallest absolute Gasteiger partial charge is 0.364 e. The van der Waals surface area contributed by atoms with E-state index in [9.17, 15) is 166 Å². The van der Waals surface area contributed by atoms with E-state index in [1.165, 1.54) is 64.2 Å². The molecule has 51 heteroatoms. The van der Waals surface area contributed by atoms with Crippen molar-refractivity contribution in [3.63, 3.8) is 0 Å². The average Bonchev–Trinajstić information content (AvgIpc) is 0.739. The first-order valence-corrected chi connectivity index (χ1v) is 51.6. The molecule has 0 saturated carbocycles. The first kappa shape index (κ1) is 128. The summed E-state index contributed by atoms with van der Waals surface area (Å²) in [6.45, 7) is -2.12. The fraction of sp³-hybridized carbons (Fsp3) is 0.896. The highest BCUT2D eigenvalue weighted by Crippen LogP contribution is 2.46. The molecular formula is C96H166N4O47. The Kier molecular flexibility index (Phi) is 55.2. The minimum atomic E-state index is -3.81. The van der Waals surface area contributed by atoms with Gasteiger partial charge in [-0.05, 0) is 45.4 Å². The summed E-state index contributed by atoms with van der Waals surface area (Å²) < 4.78 is 84.5. The molecule has 7 fully saturated rings. The Bertz CT molecular complexity index is 3910. The third kappa shape index (κ3) is 36.2. The van der Waals surface area contributed by atoms with Gasteiger partial charge in [0, 0.05) is 58.8 Å². The van der Waals surface area contributed by atoms with Crippen molar-refractivity contribution >= 4 is 47.3 Å². The fourth-order valence-electron chi connectivity index (χ4n) is 19.7. The van der Waals surface area contributed by atoms with Gasteiger partial charge in [0.05, 0.1) is 108 Å². The van der Waals surface area contributed by atoms with Gasteiger partial charge in [-0.3, -0.25) is 19.2 Å². The number of nitrogens with one attached hydrogen (secondary N) is 4. The second-order valence-corrected chi connectivity index (χ2v) is 39.5. The van der Waals surface area contributed by atoms with Crippen molar-refractivity contribution in [2.75, 3.05) is 52.9 Å². The minimum absolute atomic E-state index is 0.0709. The number of carbonyl (C=O) groups is 8. The number of ketones is 1. The first-order valence-electron chi connectivity index (χ1n) is 51.6. The number of hydrogen-bond acceptors (Lipinski definition) is 44. The number of allylic oxidation sites excluding steroid dienone is 2. The Hall–Kier alpha value is -5.74. The highest BCUT2D eigenvalue weighted by Gasteiger charge is 2.66. The molecule has 7 rings (SSSR count). The predicted octanol–water partition coefficient (Wildman–Crippen LogP) is -5.60. The van der Waals surface area contributed by atoms with Crippen molar-refractivity contribution < 1.29 is 232 Å². The number of Topliss-reactive ketones (excluding diaryl/α,β-unsaturated/α-hetero) is 1. The van der Waals surface area contributed by atoms with Gasteiger partial charge in [0.25, 0.3) is 17.4 Å². The third-order valence-electron chi connectivity index (χ3n) is 27.9. The molecule has 0 aromatic heterocycles. The maximum atomic E-state index is 14.7. The van der Waals surface area contributed by atoms with Crippen LogP contribution in [0.25, 0.3) is 0 Å². The molecule has 7 aliphatic heterocycles. The van der Waals surface area contributed by atoms with Crippen LogP contribution in [-0.4, -0.2) is 465 Å². The van der Waals surface area contributed by atoms with Crippen LogP contribution in [0.3, 0.4) is 0 Å². The molecule has 7 heterocycles. The SMILES string of the molecule is CCCCCCC=CCCCCCCCCCC(=O)N[C@@H](CO[C@@H]1O[C@H](CO)[C@@H](O[C@@H]2O[C@H](CO)[C@H](O[C@@H]3O[C@H](CO)[C@H](O)[C@H](O[C@@H]4O[C@H](CO)[C@H](O)[C@H](O)[C@H]4O)[C@H]3CC(C)=O)[C@H](O[C@]3(C(=O)O)C[C@H](O)[C@@H](NC(C)=O)C([C@H](O)[C@@H](CO)O[C@]4(C(=O)O)C[C@H](O)[C@@H](NC(C)=O)C([C@H](O)[C@@H](CO)O[C@]5(C(=O)O)C[C@H](O)[C@@H](NC(C)=O)C([C@H](O)[C@H](O)CO)O5)O4)O3)[C@H]2O)[C@H](O)[C@H]1O)[C@H](O)CCCCCCCCCCCCCCC. The standard InChI is InChI=1S/C96H166N4O47/c1-7-9-11-13-15-17-19-21-22-24-26-28-30-32-34-36-66(117)100-54(55(112)35-33-31-29-27-25-23-20-18-16-14-12-10-8-2)48-134-88-78(126)76(124)81(64(46-106)137-88)140-90-79(127)86(82(65(47-107)138-90)141-87-53(37-49(3)108)80(72(120)61(43-103)135-87)139-89-77(125)75(123)71(119)60(42-102)136-89)147-96(93(132)133)40-58(115)69(99-52(6)111)85(146-96)74(122)63(45-105)143-95(92(130)131)39-57(114)68(98-51(5)110)84(145-95)73(121)62(44-104)142-94(91(128)129)38-56(113)67(97-50(4)109)83(144-94)70(118)59(116)41-101/h17,19,53-65,67-90,101-107,112-116,118-127H,7-16,18,20-48H2,1-6H3,(H,97,109)(H,98,110)(H,99,111)(H,100,117)(H,128,129)(H,130,131)(H,132,133)/t53-,54+,55-,56+,57+,58+,59-,60-,61-,62-,63-,64-,65-,67-,68-,69-,70-,71+,72+,73-,74-,75+,76-,77-,78-,79-,80-,81-,82+,83?,84?,85?,86-,87+,88-,89+,90+,94-,95-,96+/m1/s1. The number of unbranched alkanes of at least 4 members (excludes halogenated alkanes) is 23. The van der Waals surface area contributed by atoms with Gasteiger partial charge < -0.3 is 220 Å². The molecule has 51 nitrogen and oxygen atoms in total. The fourth-order valence-corrected chi connectivity index (χ4v) is 19.7. The van der Waals surface area contributed by atoms with E-state index in [0.29, 0.717) is 12.8 Å². The van der Waals surface area contributed by atoms with Gasteiger partial charge in [-0.25, -0.2) is 14.4 Å². The molecule has 40 atom stereocenters. The Labute approximate surface area is 853 Å². The number of hydrogen-bond donors (Lipinski definition) is 29. The third-order valence-corrected chi connectivity index (χ3v) is 27.9. The van der Waals surface area contributed by atoms with Crippen LogP contribution < -0.4 is 21.3 Å². The molecule has 4 amide bonds. The predicted molar refractivity (Wildman–Crippen MR) is 502 cm³/mol. The summed E-state index contributed by atoms with van der Waals surface area (Å²) in [7, 11) is 0. The first-order chi connectivity index (χ1) is 69.9. The van der Waals surface area contributed by atoms with E-state index in [1.807, 2.05) is 0 Å². The largest absolute Gasteiger partial charge is 0.477 e. The zero-order valence-electron chi connectivity index (χ0n) is 84.5. The molecule has 0 aromatic carbocycles. The molecule has 852 valence electrons. The zero-order chi connectivity index (χ0) is 109. The van der Waals surface area contributed by atoms with Crippen LogP contribution in [0.1, 0.15) is 247 Å². The van der Waals surface area contributed by atoms with Gasteiger partial charge >= 0.3 is 17.9 Å². The van der Waals surface area contributed by atoms with Crippen LogP contribution in [0.2, 0.25) is 0 Å². The summed E-state index contributed by atoms with van der Waals surface area (Å²) in [6.07, 6.45) is -47.6. The van der Waals surface area contributed by atoms with Crippen molar-refractivity contribution in [3.05, 3.63) is 12.2 Å². The Morgan fingerprint density at radius 2 is 0.755 bits per heavy atom. The summed E-state index contributed by atoms with van der Waals surface area (Å²) in [5, 5.41) is 296. The van der Waals surface area contributed by atoms with Crippen LogP contribution in [0.15, 0.2) is 12.2 Å². The van der Waals surface area contributed by atoms with Gasteiger partial charge in [0.1, 0.15) is 146 Å². The van der Waals surface area contributed by atoms with E-state index >= 15 is 0 Å². The molecule has 3 unspecified atom stereocenters. The van der Waals surface area contributed by atoms with Crippen LogP contribution in [0, 0.1) is 5.92 Å². The number of carboxylic acids is 3. The second-order valence-electron chi connectivity index (χ2n) is 39.5. The lowest BCUT2D eigenvalue weighted by Crippen LogP contribution is -2.72. The van der Waals surface area contributed by atoms with Gasteiger partial charge in [0.15, 0.2) is 25.2 Å². The Balaban J connectivity index is 1.24. The van der Waals surface area contributed by atoms with Crippen LogP contribution in [0.5, 0.6) is 0 Å². The van der Waals surface area contributed by atoms with Gasteiger partial charge in [0.2, 0.25) is 23.6 Å². The summed E-state index contributed by atoms with van der Waals surface area (Å²) in [5.74, 6) is -24.2. The quantitative estimate of drug-likeness (QED) is 0.0199. The van der Waals surface area contributed by atoms with Crippen molar-refractivity contribution in [2.45, 2.75) is 485 Å². The number of aliphatic carboxylic acids is 3. The lowest BCUT2D eigenvalue weighted by atomic mass is 9.86. The summed E-state index contributed by atoms with van der Waals surface area (Å²) in [5.41, 5.74) is 0. The number of carbonyl (C=O) groups excluding carboxylic acids is 5. The maximum absolute atomic E-state index is 14.7.